The quantitative estimate of drug-likeness (QED) is 0.678. The second-order valence-corrected chi connectivity index (χ2v) is 4.61. The van der Waals surface area contributed by atoms with Crippen molar-refractivity contribution in [3.8, 4) is 0 Å². The molecule has 1 fully saturated rings. The third kappa shape index (κ3) is 3.39. The average molecular weight is 222 g/mol. The largest absolute Gasteiger partial charge is 0.342 e. The fourth-order valence-corrected chi connectivity index (χ4v) is 2.31. The number of hydrogen-bond acceptors (Lipinski definition) is 2. The molecule has 1 aliphatic heterocycles. The van der Waals surface area contributed by atoms with Crippen molar-refractivity contribution in [2.45, 2.75) is 12.8 Å². The lowest BCUT2D eigenvalue weighted by molar-refractivity contribution is -0.129. The lowest BCUT2D eigenvalue weighted by Crippen LogP contribution is -2.41. The van der Waals surface area contributed by atoms with Gasteiger partial charge in [-0.2, -0.15) is 11.8 Å². The Balaban J connectivity index is 2.37. The highest BCUT2D eigenvalue weighted by Crippen LogP contribution is 2.18. The molecule has 1 unspecified atom stereocenters. The summed E-state index contributed by atoms with van der Waals surface area (Å²) in [6.07, 6.45) is 4.24. The molecule has 0 saturated carbocycles. The van der Waals surface area contributed by atoms with E-state index in [4.69, 9.17) is 11.6 Å². The van der Waals surface area contributed by atoms with Crippen LogP contribution in [0.5, 0.6) is 0 Å². The van der Waals surface area contributed by atoms with Crippen molar-refractivity contribution >= 4 is 29.3 Å². The summed E-state index contributed by atoms with van der Waals surface area (Å²) in [4.78, 5) is 13.5. The van der Waals surface area contributed by atoms with Gasteiger partial charge in [0.05, 0.1) is 5.75 Å². The monoisotopic (exact) mass is 221 g/mol. The van der Waals surface area contributed by atoms with E-state index in [-0.39, 0.29) is 5.91 Å². The third-order valence-corrected chi connectivity index (χ3v) is 3.33. The number of thioether (sulfide) groups is 1. The van der Waals surface area contributed by atoms with Gasteiger partial charge < -0.3 is 4.90 Å². The van der Waals surface area contributed by atoms with Gasteiger partial charge in [-0.25, -0.2) is 0 Å². The maximum Gasteiger partial charge on any atom is 0.232 e. The second-order valence-electron chi connectivity index (χ2n) is 3.44. The standard InChI is InChI=1S/C9H16ClNOS/c1-13-7-9(12)11-4-2-3-8(5-10)6-11/h8H,2-7H2,1H3. The molecule has 0 aromatic heterocycles. The van der Waals surface area contributed by atoms with Crippen LogP contribution in [0.3, 0.4) is 0 Å². The van der Waals surface area contributed by atoms with Crippen LogP contribution in [-0.4, -0.2) is 41.8 Å². The zero-order chi connectivity index (χ0) is 9.68. The number of alkyl halides is 1. The highest BCUT2D eigenvalue weighted by Gasteiger charge is 2.22. The fourth-order valence-electron chi connectivity index (χ4n) is 1.63. The van der Waals surface area contributed by atoms with Crippen molar-refractivity contribution < 1.29 is 4.79 Å². The highest BCUT2D eigenvalue weighted by atomic mass is 35.5. The summed E-state index contributed by atoms with van der Waals surface area (Å²) in [5, 5.41) is 0. The third-order valence-electron chi connectivity index (χ3n) is 2.36. The van der Waals surface area contributed by atoms with Gasteiger partial charge >= 0.3 is 0 Å². The van der Waals surface area contributed by atoms with Crippen LogP contribution in [0.15, 0.2) is 0 Å². The van der Waals surface area contributed by atoms with E-state index < -0.39 is 0 Å². The van der Waals surface area contributed by atoms with Gasteiger partial charge in [-0.15, -0.1) is 11.6 Å². The predicted octanol–water partition coefficient (Wildman–Crippen LogP) is 1.83. The molecule has 1 atom stereocenters. The van der Waals surface area contributed by atoms with Gasteiger partial charge in [0, 0.05) is 19.0 Å². The molecule has 1 rings (SSSR count). The first-order valence-corrected chi connectivity index (χ1v) is 6.53. The Morgan fingerprint density at radius 1 is 1.69 bits per heavy atom. The molecule has 2 nitrogen and oxygen atoms in total. The normalized spacial score (nSPS) is 23.2. The molecule has 1 heterocycles. The molecule has 13 heavy (non-hydrogen) atoms. The van der Waals surface area contributed by atoms with Crippen LogP contribution < -0.4 is 0 Å². The van der Waals surface area contributed by atoms with E-state index in [1.165, 1.54) is 6.42 Å². The maximum atomic E-state index is 11.5. The number of halogens is 1. The molecule has 1 amide bonds. The molecule has 0 radical (unpaired) electrons. The molecule has 0 N–H and O–H groups in total. The second kappa shape index (κ2) is 5.76. The van der Waals surface area contributed by atoms with Crippen molar-refractivity contribution in [2.75, 3.05) is 31.0 Å². The Morgan fingerprint density at radius 2 is 2.46 bits per heavy atom. The molecule has 1 saturated heterocycles. The molecular weight excluding hydrogens is 206 g/mol. The van der Waals surface area contributed by atoms with Gasteiger partial charge in [-0.1, -0.05) is 0 Å². The smallest absolute Gasteiger partial charge is 0.232 e. The van der Waals surface area contributed by atoms with Gasteiger partial charge in [0.2, 0.25) is 5.91 Å². The fraction of sp³-hybridized carbons (Fsp3) is 0.889. The van der Waals surface area contributed by atoms with Crippen molar-refractivity contribution in [3.05, 3.63) is 0 Å². The lowest BCUT2D eigenvalue weighted by Gasteiger charge is -2.31. The van der Waals surface area contributed by atoms with Crippen molar-refractivity contribution in [1.29, 1.82) is 0 Å². The SMILES string of the molecule is CSCC(=O)N1CCCC(CCl)C1. The summed E-state index contributed by atoms with van der Waals surface area (Å²) >= 11 is 7.37. The average Bonchev–Trinajstić information content (AvgIpc) is 2.18. The molecule has 4 heteroatoms. The van der Waals surface area contributed by atoms with Crippen molar-refractivity contribution in [1.82, 2.24) is 4.90 Å². The van der Waals surface area contributed by atoms with Crippen LogP contribution in [-0.2, 0) is 4.79 Å². The van der Waals surface area contributed by atoms with E-state index in [0.717, 1.165) is 19.5 Å². The van der Waals surface area contributed by atoms with Gasteiger partial charge in [0.1, 0.15) is 0 Å². The van der Waals surface area contributed by atoms with Gasteiger partial charge in [0.15, 0.2) is 0 Å². The van der Waals surface area contributed by atoms with Crippen LogP contribution in [0, 0.1) is 5.92 Å². The Bertz CT molecular complexity index is 177. The maximum absolute atomic E-state index is 11.5. The Labute approximate surface area is 89.0 Å². The van der Waals surface area contributed by atoms with Crippen LogP contribution >= 0.6 is 23.4 Å². The molecule has 0 aromatic rings. The van der Waals surface area contributed by atoms with Gasteiger partial charge in [0.25, 0.3) is 0 Å². The van der Waals surface area contributed by atoms with Crippen LogP contribution in [0.4, 0.5) is 0 Å². The number of rotatable bonds is 3. The van der Waals surface area contributed by atoms with Crippen LogP contribution in [0.2, 0.25) is 0 Å². The Morgan fingerprint density at radius 3 is 3.08 bits per heavy atom. The van der Waals surface area contributed by atoms with Gasteiger partial charge in [-0.3, -0.25) is 4.79 Å². The van der Waals surface area contributed by atoms with E-state index >= 15 is 0 Å². The number of carbonyl (C=O) groups excluding carboxylic acids is 1. The Hall–Kier alpha value is 0.110. The molecule has 0 aromatic carbocycles. The van der Waals surface area contributed by atoms with E-state index in [1.807, 2.05) is 11.2 Å². The predicted molar refractivity (Wildman–Crippen MR) is 58.4 cm³/mol. The number of carbonyl (C=O) groups is 1. The first-order chi connectivity index (χ1) is 6.27. The van der Waals surface area contributed by atoms with E-state index in [0.29, 0.717) is 17.6 Å². The number of hydrogen-bond donors (Lipinski definition) is 0. The summed E-state index contributed by atoms with van der Waals surface area (Å²) in [5.41, 5.74) is 0. The summed E-state index contributed by atoms with van der Waals surface area (Å²) in [5.74, 6) is 2.07. The molecule has 76 valence electrons. The van der Waals surface area contributed by atoms with Crippen molar-refractivity contribution in [3.63, 3.8) is 0 Å². The lowest BCUT2D eigenvalue weighted by atomic mass is 10.0. The van der Waals surface area contributed by atoms with E-state index in [9.17, 15) is 4.79 Å². The summed E-state index contributed by atoms with van der Waals surface area (Å²) in [6.45, 7) is 1.79. The van der Waals surface area contributed by atoms with Crippen molar-refractivity contribution in [2.24, 2.45) is 5.92 Å². The summed E-state index contributed by atoms with van der Waals surface area (Å²) < 4.78 is 0. The highest BCUT2D eigenvalue weighted by molar-refractivity contribution is 7.99. The zero-order valence-electron chi connectivity index (χ0n) is 7.96. The van der Waals surface area contributed by atoms with E-state index in [1.54, 1.807) is 11.8 Å². The molecular formula is C9H16ClNOS. The minimum absolute atomic E-state index is 0.266. The van der Waals surface area contributed by atoms with Crippen LogP contribution in [0.1, 0.15) is 12.8 Å². The number of nitrogens with zero attached hydrogens (tertiary/aromatic N) is 1. The summed E-state index contributed by atoms with van der Waals surface area (Å²) in [7, 11) is 0. The topological polar surface area (TPSA) is 20.3 Å². The van der Waals surface area contributed by atoms with Crippen LogP contribution in [0.25, 0.3) is 0 Å². The first-order valence-electron chi connectivity index (χ1n) is 4.60. The minimum Gasteiger partial charge on any atom is -0.342 e. The zero-order valence-corrected chi connectivity index (χ0v) is 9.53. The molecule has 0 aliphatic carbocycles. The van der Waals surface area contributed by atoms with Gasteiger partial charge in [-0.05, 0) is 25.0 Å². The minimum atomic E-state index is 0.266. The number of likely N-dealkylation sites (tertiary alicyclic amines) is 1. The van der Waals surface area contributed by atoms with E-state index in [2.05, 4.69) is 0 Å². The molecule has 0 spiro atoms. The molecule has 0 bridgehead atoms. The molecule has 1 aliphatic rings. The Kier molecular flexibility index (Phi) is 4.96. The number of piperidine rings is 1. The first kappa shape index (κ1) is 11.2. The number of amides is 1. The summed E-state index contributed by atoms with van der Waals surface area (Å²) in [6, 6.07) is 0.